The molecule has 1 N–H and O–H groups in total. The van der Waals surface area contributed by atoms with E-state index in [1.165, 1.54) is 57.2 Å². The fraction of sp³-hybridized carbons (Fsp3) is 1.00. The summed E-state index contributed by atoms with van der Waals surface area (Å²) in [5, 5.41) is 4.20. The first kappa shape index (κ1) is 11.4. The maximum Gasteiger partial charge on any atom is 0.00470 e. The second kappa shape index (κ2) is 7.69. The van der Waals surface area contributed by atoms with Crippen molar-refractivity contribution in [3.63, 3.8) is 0 Å². The van der Waals surface area contributed by atoms with Gasteiger partial charge in [-0.05, 0) is 45.0 Å². The second-order valence-electron chi connectivity index (χ2n) is 3.94. The fourth-order valence-electron chi connectivity index (χ4n) is 1.89. The molecule has 0 amide bonds. The van der Waals surface area contributed by atoms with E-state index in [-0.39, 0.29) is 0 Å². The second-order valence-corrected chi connectivity index (χ2v) is 5.35. The van der Waals surface area contributed by atoms with Gasteiger partial charge in [0.25, 0.3) is 0 Å². The molecule has 1 rings (SSSR count). The van der Waals surface area contributed by atoms with Crippen LogP contribution in [0.25, 0.3) is 0 Å². The first-order chi connectivity index (χ1) is 6.43. The smallest absolute Gasteiger partial charge is 0.00470 e. The van der Waals surface area contributed by atoms with Gasteiger partial charge >= 0.3 is 0 Å². The van der Waals surface area contributed by atoms with E-state index in [1.807, 2.05) is 7.05 Å². The van der Waals surface area contributed by atoms with Crippen LogP contribution in [-0.4, -0.2) is 24.6 Å². The van der Waals surface area contributed by atoms with Crippen molar-refractivity contribution in [2.75, 3.05) is 19.3 Å². The zero-order chi connectivity index (χ0) is 9.36. The molecule has 1 saturated carbocycles. The van der Waals surface area contributed by atoms with Gasteiger partial charge in [-0.3, -0.25) is 0 Å². The maximum absolute atomic E-state index is 3.20. The molecule has 1 aliphatic rings. The fourth-order valence-corrected chi connectivity index (χ4v) is 3.26. The highest BCUT2D eigenvalue weighted by atomic mass is 32.2. The molecule has 0 radical (unpaired) electrons. The number of hydrogen-bond donors (Lipinski definition) is 1. The van der Waals surface area contributed by atoms with Gasteiger partial charge in [0.15, 0.2) is 0 Å². The number of thioether (sulfide) groups is 1. The Labute approximate surface area is 87.1 Å². The Morgan fingerprint density at radius 2 is 1.92 bits per heavy atom. The minimum absolute atomic E-state index is 1.00. The average Bonchev–Trinajstić information content (AvgIpc) is 2.19. The molecule has 0 saturated heterocycles. The highest BCUT2D eigenvalue weighted by molar-refractivity contribution is 7.99. The molecule has 0 aromatic rings. The predicted octanol–water partition coefficient (Wildman–Crippen LogP) is 3.05. The van der Waals surface area contributed by atoms with E-state index in [4.69, 9.17) is 0 Å². The molecule has 0 unspecified atom stereocenters. The van der Waals surface area contributed by atoms with Crippen molar-refractivity contribution in [2.45, 2.75) is 50.2 Å². The monoisotopic (exact) mass is 201 g/mol. The molecule has 78 valence electrons. The van der Waals surface area contributed by atoms with E-state index in [0.29, 0.717) is 0 Å². The summed E-state index contributed by atoms with van der Waals surface area (Å²) >= 11 is 2.22. The van der Waals surface area contributed by atoms with Gasteiger partial charge in [-0.1, -0.05) is 19.3 Å². The van der Waals surface area contributed by atoms with E-state index in [1.54, 1.807) is 0 Å². The molecular formula is C11H23NS. The lowest BCUT2D eigenvalue weighted by molar-refractivity contribution is 0.515. The molecule has 1 nitrogen and oxygen atoms in total. The third-order valence-electron chi connectivity index (χ3n) is 2.73. The molecule has 0 aromatic heterocycles. The molecule has 0 atom stereocenters. The Bertz CT molecular complexity index is 111. The average molecular weight is 201 g/mol. The quantitative estimate of drug-likeness (QED) is 0.663. The van der Waals surface area contributed by atoms with Crippen molar-refractivity contribution < 1.29 is 0 Å². The Morgan fingerprint density at radius 3 is 2.62 bits per heavy atom. The molecule has 1 aliphatic carbocycles. The summed E-state index contributed by atoms with van der Waals surface area (Å²) in [6.45, 7) is 1.19. The summed E-state index contributed by atoms with van der Waals surface area (Å²) in [4.78, 5) is 0. The topological polar surface area (TPSA) is 12.0 Å². The van der Waals surface area contributed by atoms with Crippen LogP contribution >= 0.6 is 11.8 Å². The van der Waals surface area contributed by atoms with Crippen LogP contribution in [0.1, 0.15) is 44.9 Å². The van der Waals surface area contributed by atoms with Crippen LogP contribution in [0.3, 0.4) is 0 Å². The van der Waals surface area contributed by atoms with Gasteiger partial charge in [-0.25, -0.2) is 0 Å². The standard InChI is InChI=1S/C11H23NS/c1-12-9-5-6-10-13-11-7-3-2-4-8-11/h11-12H,2-10H2,1H3. The van der Waals surface area contributed by atoms with Crippen LogP contribution < -0.4 is 5.32 Å². The normalized spacial score (nSPS) is 19.2. The summed E-state index contributed by atoms with van der Waals surface area (Å²) in [5.41, 5.74) is 0. The Morgan fingerprint density at radius 1 is 1.15 bits per heavy atom. The van der Waals surface area contributed by atoms with Crippen molar-refractivity contribution >= 4 is 11.8 Å². The molecular weight excluding hydrogens is 178 g/mol. The Hall–Kier alpha value is 0.310. The molecule has 0 aromatic carbocycles. The molecule has 0 bridgehead atoms. The third-order valence-corrected chi connectivity index (χ3v) is 4.19. The van der Waals surface area contributed by atoms with Crippen molar-refractivity contribution in [3.05, 3.63) is 0 Å². The SMILES string of the molecule is CNCCCCSC1CCCCC1. The van der Waals surface area contributed by atoms with Gasteiger partial charge < -0.3 is 5.32 Å². The van der Waals surface area contributed by atoms with Crippen LogP contribution in [0.15, 0.2) is 0 Å². The summed E-state index contributed by atoms with van der Waals surface area (Å²) in [5.74, 6) is 1.38. The molecule has 2 heteroatoms. The Kier molecular flexibility index (Phi) is 6.73. The predicted molar refractivity (Wildman–Crippen MR) is 62.5 cm³/mol. The zero-order valence-electron chi connectivity index (χ0n) is 8.85. The summed E-state index contributed by atoms with van der Waals surface area (Å²) in [6, 6.07) is 0. The van der Waals surface area contributed by atoms with Crippen LogP contribution in [-0.2, 0) is 0 Å². The highest BCUT2D eigenvalue weighted by Gasteiger charge is 2.12. The largest absolute Gasteiger partial charge is 0.320 e. The van der Waals surface area contributed by atoms with Gasteiger partial charge in [-0.15, -0.1) is 0 Å². The first-order valence-electron chi connectivity index (χ1n) is 5.69. The molecule has 0 heterocycles. The van der Waals surface area contributed by atoms with E-state index < -0.39 is 0 Å². The molecule has 0 aliphatic heterocycles. The highest BCUT2D eigenvalue weighted by Crippen LogP contribution is 2.28. The molecule has 13 heavy (non-hydrogen) atoms. The van der Waals surface area contributed by atoms with E-state index in [9.17, 15) is 0 Å². The summed E-state index contributed by atoms with van der Waals surface area (Å²) in [7, 11) is 2.04. The zero-order valence-corrected chi connectivity index (χ0v) is 9.67. The number of unbranched alkanes of at least 4 members (excludes halogenated alkanes) is 1. The summed E-state index contributed by atoms with van der Waals surface area (Å²) < 4.78 is 0. The molecule has 0 spiro atoms. The van der Waals surface area contributed by atoms with Crippen LogP contribution in [0.2, 0.25) is 0 Å². The maximum atomic E-state index is 3.20. The van der Waals surface area contributed by atoms with Crippen LogP contribution in [0.4, 0.5) is 0 Å². The minimum Gasteiger partial charge on any atom is -0.320 e. The molecule has 1 fully saturated rings. The van der Waals surface area contributed by atoms with Crippen molar-refractivity contribution in [2.24, 2.45) is 0 Å². The lowest BCUT2D eigenvalue weighted by Gasteiger charge is -2.20. The van der Waals surface area contributed by atoms with Gasteiger partial charge in [0.1, 0.15) is 0 Å². The number of nitrogens with one attached hydrogen (secondary N) is 1. The van der Waals surface area contributed by atoms with Crippen molar-refractivity contribution in [1.82, 2.24) is 5.32 Å². The van der Waals surface area contributed by atoms with Gasteiger partial charge in [0.05, 0.1) is 0 Å². The first-order valence-corrected chi connectivity index (χ1v) is 6.74. The van der Waals surface area contributed by atoms with Crippen LogP contribution in [0, 0.1) is 0 Å². The summed E-state index contributed by atoms with van der Waals surface area (Å²) in [6.07, 6.45) is 10.1. The van der Waals surface area contributed by atoms with Gasteiger partial charge in [0, 0.05) is 5.25 Å². The van der Waals surface area contributed by atoms with Crippen molar-refractivity contribution in [1.29, 1.82) is 0 Å². The lowest BCUT2D eigenvalue weighted by atomic mass is 10.0. The van der Waals surface area contributed by atoms with Gasteiger partial charge in [0.2, 0.25) is 0 Å². The van der Waals surface area contributed by atoms with Crippen LogP contribution in [0.5, 0.6) is 0 Å². The Balaban J connectivity index is 1.86. The van der Waals surface area contributed by atoms with E-state index >= 15 is 0 Å². The van der Waals surface area contributed by atoms with Crippen molar-refractivity contribution in [3.8, 4) is 0 Å². The van der Waals surface area contributed by atoms with E-state index in [2.05, 4.69) is 17.1 Å². The van der Waals surface area contributed by atoms with E-state index in [0.717, 1.165) is 5.25 Å². The number of rotatable bonds is 6. The number of hydrogen-bond acceptors (Lipinski definition) is 2. The van der Waals surface area contributed by atoms with Gasteiger partial charge in [-0.2, -0.15) is 11.8 Å². The minimum atomic E-state index is 1.00. The lowest BCUT2D eigenvalue weighted by Crippen LogP contribution is -2.10. The third kappa shape index (κ3) is 5.58.